The quantitative estimate of drug-likeness (QED) is 0.191. The first-order valence-corrected chi connectivity index (χ1v) is 13.1. The van der Waals surface area contributed by atoms with Crippen LogP contribution in [0, 0.1) is 12.3 Å². The van der Waals surface area contributed by atoms with Gasteiger partial charge >= 0.3 is 11.9 Å². The van der Waals surface area contributed by atoms with Crippen LogP contribution in [0.5, 0.6) is 0 Å². The molecule has 1 saturated heterocycles. The molecule has 3 rings (SSSR count). The van der Waals surface area contributed by atoms with E-state index in [-0.39, 0.29) is 19.6 Å². The molecule has 0 amide bonds. The second-order valence-corrected chi connectivity index (χ2v) is 9.56. The fraction of sp³-hybridized carbons (Fsp3) is 0.481. The van der Waals surface area contributed by atoms with Crippen molar-refractivity contribution in [2.75, 3.05) is 65.4 Å². The molecule has 0 bridgehead atoms. The van der Waals surface area contributed by atoms with Gasteiger partial charge in [0.05, 0.1) is 31.0 Å². The van der Waals surface area contributed by atoms with Crippen LogP contribution in [0.3, 0.4) is 0 Å². The molecule has 0 saturated carbocycles. The van der Waals surface area contributed by atoms with Crippen molar-refractivity contribution in [2.45, 2.75) is 19.6 Å². The van der Waals surface area contributed by atoms with Crippen LogP contribution in [0.2, 0.25) is 0 Å². The lowest BCUT2D eigenvalue weighted by molar-refractivity contribution is -0.139. The zero-order valence-electron chi connectivity index (χ0n) is 22.5. The number of azide groups is 1. The van der Waals surface area contributed by atoms with E-state index in [1.54, 1.807) is 12.1 Å². The summed E-state index contributed by atoms with van der Waals surface area (Å²) in [4.78, 5) is 43.2. The van der Waals surface area contributed by atoms with Gasteiger partial charge in [-0.25, -0.2) is 4.98 Å². The maximum atomic E-state index is 11.6. The molecule has 0 radical (unpaired) electrons. The highest BCUT2D eigenvalue weighted by atomic mass is 16.4. The van der Waals surface area contributed by atoms with Gasteiger partial charge in [-0.05, 0) is 29.8 Å². The van der Waals surface area contributed by atoms with Gasteiger partial charge in [-0.1, -0.05) is 23.2 Å². The smallest absolute Gasteiger partial charge is 0.317 e. The molecule has 1 aliphatic rings. The summed E-state index contributed by atoms with van der Waals surface area (Å²) in [5.41, 5.74) is 11.4. The highest BCUT2D eigenvalue weighted by molar-refractivity contribution is 5.69. The molecule has 3 heterocycles. The zero-order chi connectivity index (χ0) is 28.7. The SMILES string of the molecule is C#Cc1cccc(CN2CCN(CC(=O)O)CCN(Cc3cccc(CN=[N+]=[N-])n3)CCN(CC(=O)O)CC2)n1. The Morgan fingerprint density at radius 3 is 1.73 bits per heavy atom. The molecule has 2 N–H and O–H groups in total. The molecule has 212 valence electrons. The van der Waals surface area contributed by atoms with Crippen LogP contribution in [0.4, 0.5) is 0 Å². The molecular formula is C27H35N9O4. The number of aromatic nitrogens is 2. The number of terminal acetylenes is 1. The lowest BCUT2D eigenvalue weighted by Gasteiger charge is -2.33. The average molecular weight is 550 g/mol. The predicted molar refractivity (Wildman–Crippen MR) is 148 cm³/mol. The van der Waals surface area contributed by atoms with Gasteiger partial charge in [0.1, 0.15) is 5.69 Å². The van der Waals surface area contributed by atoms with E-state index in [1.165, 1.54) is 0 Å². The Balaban J connectivity index is 1.77. The molecule has 13 nitrogen and oxygen atoms in total. The Labute approximate surface area is 233 Å². The summed E-state index contributed by atoms with van der Waals surface area (Å²) in [7, 11) is 0. The molecule has 40 heavy (non-hydrogen) atoms. The number of pyridine rings is 2. The second kappa shape index (κ2) is 16.1. The molecule has 0 atom stereocenters. The third kappa shape index (κ3) is 11.0. The van der Waals surface area contributed by atoms with E-state index < -0.39 is 11.9 Å². The molecule has 1 fully saturated rings. The first-order valence-electron chi connectivity index (χ1n) is 13.1. The monoisotopic (exact) mass is 549 g/mol. The normalized spacial score (nSPS) is 16.7. The summed E-state index contributed by atoms with van der Waals surface area (Å²) in [6.45, 7) is 5.38. The average Bonchev–Trinajstić information content (AvgIpc) is 2.93. The highest BCUT2D eigenvalue weighted by Gasteiger charge is 2.20. The summed E-state index contributed by atoms with van der Waals surface area (Å²) in [6.07, 6.45) is 5.51. The third-order valence-corrected chi connectivity index (χ3v) is 6.53. The second-order valence-electron chi connectivity index (χ2n) is 9.56. The van der Waals surface area contributed by atoms with E-state index in [9.17, 15) is 19.8 Å². The first-order chi connectivity index (χ1) is 19.3. The molecule has 0 spiro atoms. The maximum absolute atomic E-state index is 11.6. The standard InChI is InChI=1S/C27H35N9O4/c1-2-22-5-3-7-24(30-22)18-33-9-13-35(20-26(37)38)15-11-34(12-16-36(14-10-33)21-27(39)40)19-25-8-4-6-23(31-25)17-29-32-28/h1,3-8H,9-21H2,(H,37,38)(H,39,40). The Kier molecular flexibility index (Phi) is 12.3. The van der Waals surface area contributed by atoms with Gasteiger partial charge in [-0.3, -0.25) is 34.2 Å². The summed E-state index contributed by atoms with van der Waals surface area (Å²) in [6, 6.07) is 11.1. The van der Waals surface area contributed by atoms with Gasteiger partial charge in [0, 0.05) is 76.1 Å². The topological polar surface area (TPSA) is 162 Å². The van der Waals surface area contributed by atoms with Gasteiger partial charge in [-0.15, -0.1) is 6.42 Å². The van der Waals surface area contributed by atoms with E-state index >= 15 is 0 Å². The van der Waals surface area contributed by atoms with Crippen LogP contribution < -0.4 is 0 Å². The Hall–Kier alpha value is -4.05. The molecule has 1 aliphatic heterocycles. The van der Waals surface area contributed by atoms with E-state index in [0.717, 1.165) is 11.4 Å². The van der Waals surface area contributed by atoms with Crippen molar-refractivity contribution < 1.29 is 19.8 Å². The number of carboxylic acid groups (broad SMARTS) is 2. The Morgan fingerprint density at radius 1 is 0.800 bits per heavy atom. The van der Waals surface area contributed by atoms with Crippen molar-refractivity contribution in [2.24, 2.45) is 5.11 Å². The van der Waals surface area contributed by atoms with Crippen LogP contribution in [0.15, 0.2) is 41.5 Å². The number of hydrogen-bond donors (Lipinski definition) is 2. The van der Waals surface area contributed by atoms with E-state index in [1.807, 2.05) is 34.1 Å². The molecule has 13 heteroatoms. The molecule has 0 aromatic carbocycles. The van der Waals surface area contributed by atoms with E-state index in [0.29, 0.717) is 76.8 Å². The lowest BCUT2D eigenvalue weighted by Crippen LogP contribution is -2.47. The van der Waals surface area contributed by atoms with Crippen molar-refractivity contribution in [3.8, 4) is 12.3 Å². The Morgan fingerprint density at radius 2 is 1.25 bits per heavy atom. The first kappa shape index (κ1) is 30.5. The van der Waals surface area contributed by atoms with Crippen molar-refractivity contribution in [1.29, 1.82) is 0 Å². The summed E-state index contributed by atoms with van der Waals surface area (Å²) < 4.78 is 0. The molecular weight excluding hydrogens is 514 g/mol. The number of hydrogen-bond acceptors (Lipinski definition) is 9. The van der Waals surface area contributed by atoms with Crippen molar-refractivity contribution >= 4 is 11.9 Å². The van der Waals surface area contributed by atoms with Crippen LogP contribution in [-0.2, 0) is 29.2 Å². The summed E-state index contributed by atoms with van der Waals surface area (Å²) >= 11 is 0. The fourth-order valence-electron chi connectivity index (χ4n) is 4.51. The molecule has 2 aromatic rings. The molecule has 0 aliphatic carbocycles. The minimum Gasteiger partial charge on any atom is -0.480 e. The Bertz CT molecular complexity index is 1200. The minimum absolute atomic E-state index is 0.0858. The van der Waals surface area contributed by atoms with Crippen molar-refractivity contribution in [3.05, 3.63) is 69.6 Å². The van der Waals surface area contributed by atoms with Crippen LogP contribution in [0.25, 0.3) is 10.4 Å². The molecule has 2 aromatic heterocycles. The third-order valence-electron chi connectivity index (χ3n) is 6.53. The fourth-order valence-corrected chi connectivity index (χ4v) is 4.51. The number of nitrogens with zero attached hydrogens (tertiary/aromatic N) is 9. The number of carboxylic acids is 2. The number of carbonyl (C=O) groups is 2. The predicted octanol–water partition coefficient (Wildman–Crippen LogP) is 1.36. The van der Waals surface area contributed by atoms with Crippen LogP contribution >= 0.6 is 0 Å². The number of rotatable bonds is 10. The lowest BCUT2D eigenvalue weighted by atomic mass is 10.2. The van der Waals surface area contributed by atoms with Crippen LogP contribution in [0.1, 0.15) is 22.8 Å². The van der Waals surface area contributed by atoms with Gasteiger partial charge in [0.2, 0.25) is 0 Å². The van der Waals surface area contributed by atoms with Crippen LogP contribution in [-0.4, -0.2) is 117 Å². The van der Waals surface area contributed by atoms with Gasteiger partial charge in [-0.2, -0.15) is 0 Å². The minimum atomic E-state index is -0.895. The summed E-state index contributed by atoms with van der Waals surface area (Å²) in [5, 5.41) is 22.6. The largest absolute Gasteiger partial charge is 0.480 e. The van der Waals surface area contributed by atoms with Crippen molar-refractivity contribution in [3.63, 3.8) is 0 Å². The van der Waals surface area contributed by atoms with Gasteiger partial charge in [0.15, 0.2) is 0 Å². The maximum Gasteiger partial charge on any atom is 0.317 e. The van der Waals surface area contributed by atoms with Crippen molar-refractivity contribution in [1.82, 2.24) is 29.6 Å². The van der Waals surface area contributed by atoms with Gasteiger partial charge in [0.25, 0.3) is 0 Å². The highest BCUT2D eigenvalue weighted by Crippen LogP contribution is 2.09. The summed E-state index contributed by atoms with van der Waals surface area (Å²) in [5.74, 6) is 0.757. The van der Waals surface area contributed by atoms with E-state index in [4.69, 9.17) is 12.0 Å². The zero-order valence-corrected chi connectivity index (χ0v) is 22.5. The number of aliphatic carboxylic acids is 2. The molecule has 0 unspecified atom stereocenters. The van der Waals surface area contributed by atoms with E-state index in [2.05, 4.69) is 35.7 Å². The van der Waals surface area contributed by atoms with Gasteiger partial charge < -0.3 is 10.2 Å².